The van der Waals surface area contributed by atoms with Crippen molar-refractivity contribution in [3.8, 4) is 0 Å². The maximum Gasteiger partial charge on any atom is 0.188 e. The summed E-state index contributed by atoms with van der Waals surface area (Å²) in [6.07, 6.45) is 0. The van der Waals surface area contributed by atoms with Crippen molar-refractivity contribution in [3.63, 3.8) is 0 Å². The van der Waals surface area contributed by atoms with Gasteiger partial charge >= 0.3 is 0 Å². The maximum absolute atomic E-state index is 4.00. The van der Waals surface area contributed by atoms with Gasteiger partial charge in [0.15, 0.2) is 70.1 Å². The second-order valence-corrected chi connectivity index (χ2v) is 95.5. The molecule has 0 amide bonds. The van der Waals surface area contributed by atoms with Gasteiger partial charge in [-0.1, -0.05) is 19.6 Å². The van der Waals surface area contributed by atoms with Crippen LogP contribution in [-0.4, -0.2) is 193 Å². The Labute approximate surface area is 298 Å². The first-order valence-corrected chi connectivity index (χ1v) is 53.6. The summed E-state index contributed by atoms with van der Waals surface area (Å²) in [4.78, 5) is 0. The lowest BCUT2D eigenvalue weighted by Crippen LogP contribution is -2.84. The average Bonchev–Trinajstić information content (AvgIpc) is 2.88. The van der Waals surface area contributed by atoms with Gasteiger partial charge in [0.05, 0.1) is 9.20 Å². The summed E-state index contributed by atoms with van der Waals surface area (Å²) in [6.45, 7) is 38.9. The monoisotopic (exact) mass is 835 g/mol. The van der Waals surface area contributed by atoms with Gasteiger partial charge in [-0.05, 0) is 147 Å². The molecule has 0 saturated carbocycles. The fourth-order valence-electron chi connectivity index (χ4n) is 6.42. The third kappa shape index (κ3) is 10.7. The molecule has 0 fully saturated rings. The van der Waals surface area contributed by atoms with Crippen molar-refractivity contribution >= 4 is 114 Å². The highest BCUT2D eigenvalue weighted by Crippen LogP contribution is 2.33. The van der Waals surface area contributed by atoms with Gasteiger partial charge in [0.25, 0.3) is 0 Å². The Morgan fingerprint density at radius 2 is 0.705 bits per heavy atom. The number of hydrogen-bond donors (Lipinski definition) is 2. The van der Waals surface area contributed by atoms with Crippen LogP contribution in [0.3, 0.4) is 0 Å². The Morgan fingerprint density at radius 3 is 0.977 bits per heavy atom. The van der Waals surface area contributed by atoms with E-state index < -0.39 is 68.5 Å². The van der Waals surface area contributed by atoms with Crippen LogP contribution < -0.4 is 9.30 Å². The molecule has 22 heteroatoms. The van der Waals surface area contributed by atoms with E-state index >= 15 is 0 Å². The lowest BCUT2D eigenvalue weighted by Gasteiger charge is -2.61. The molecule has 266 valence electrons. The molecule has 44 heavy (non-hydrogen) atoms. The molecule has 0 aliphatic carbocycles. The standard InChI is InChI=1S/C22H81N9Si13/c1-25(35-23-34-24-36-37(32)33)39(11,12)27(3)41(15,16)29(5)43(19,20)31(7)44(21,22)30(6)42(17,18)28(4)40(13,14)26(2)38(8,9)10/h23-24,37H,34-36H2,1-22,32-33H3. The molecule has 0 aromatic heterocycles. The summed E-state index contributed by atoms with van der Waals surface area (Å²) < 4.78 is 28.3. The largest absolute Gasteiger partial charge is 0.360 e. The van der Waals surface area contributed by atoms with E-state index in [9.17, 15) is 0 Å². The minimum absolute atomic E-state index is 0.0959. The van der Waals surface area contributed by atoms with Gasteiger partial charge in [0.1, 0.15) is 8.24 Å². The van der Waals surface area contributed by atoms with E-state index in [0.717, 1.165) is 0 Å². The quantitative estimate of drug-likeness (QED) is 0.117. The fraction of sp³-hybridized carbons (Fsp3) is 1.00. The molecular weight excluding hydrogens is 755 g/mol. The van der Waals surface area contributed by atoms with Crippen molar-refractivity contribution in [1.29, 1.82) is 0 Å². The molecule has 2 N–H and O–H groups in total. The molecule has 0 aromatic carbocycles. The Kier molecular flexibility index (Phi) is 17.6. The first-order valence-electron chi connectivity index (χ1n) is 16.8. The molecule has 0 aliphatic heterocycles. The van der Waals surface area contributed by atoms with Crippen LogP contribution in [0.25, 0.3) is 0 Å². The molecule has 0 saturated heterocycles. The van der Waals surface area contributed by atoms with E-state index in [4.69, 9.17) is 0 Å². The van der Waals surface area contributed by atoms with Crippen molar-refractivity contribution in [2.45, 2.75) is 98.2 Å². The molecule has 0 unspecified atom stereocenters. The van der Waals surface area contributed by atoms with E-state index in [-0.39, 0.29) is 26.4 Å². The molecule has 0 bridgehead atoms. The van der Waals surface area contributed by atoms with Gasteiger partial charge in [-0.2, -0.15) is 0 Å². The van der Waals surface area contributed by atoms with Crippen molar-refractivity contribution in [2.75, 3.05) is 49.3 Å². The second kappa shape index (κ2) is 16.7. The third-order valence-electron chi connectivity index (χ3n) is 12.1. The summed E-state index contributed by atoms with van der Waals surface area (Å²) in [5.41, 5.74) is 0. The topological polar surface area (TPSA) is 46.7 Å². The van der Waals surface area contributed by atoms with Crippen LogP contribution in [-0.2, 0) is 0 Å². The molecule has 0 spiro atoms. The Bertz CT molecular complexity index is 903. The highest BCUT2D eigenvalue weighted by molar-refractivity contribution is 7.53. The molecule has 0 radical (unpaired) electrons. The molecule has 9 nitrogen and oxygen atoms in total. The third-order valence-corrected chi connectivity index (χ3v) is 74.7. The van der Waals surface area contributed by atoms with Crippen molar-refractivity contribution < 1.29 is 0 Å². The summed E-state index contributed by atoms with van der Waals surface area (Å²) in [7, 11) is 7.20. The van der Waals surface area contributed by atoms with Gasteiger partial charge in [-0.15, -0.1) is 0 Å². The fourth-order valence-corrected chi connectivity index (χ4v) is 81.7. The molecular formula is C22H81N9Si13. The highest BCUT2D eigenvalue weighted by Gasteiger charge is 2.55. The van der Waals surface area contributed by atoms with Crippen molar-refractivity contribution in [1.82, 2.24) is 38.9 Å². The zero-order valence-electron chi connectivity index (χ0n) is 34.3. The maximum atomic E-state index is 4.00. The minimum atomic E-state index is -1.95. The summed E-state index contributed by atoms with van der Waals surface area (Å²) in [5.74, 6) is 0. The van der Waals surface area contributed by atoms with Crippen LogP contribution in [0.1, 0.15) is 0 Å². The summed E-state index contributed by atoms with van der Waals surface area (Å²) in [5, 5.41) is 0. The van der Waals surface area contributed by atoms with Crippen LogP contribution in [0, 0.1) is 0 Å². The second-order valence-electron chi connectivity index (χ2n) is 17.6. The number of nitrogens with zero attached hydrogens (tertiary/aromatic N) is 7. The van der Waals surface area contributed by atoms with Crippen LogP contribution in [0.5, 0.6) is 0 Å². The van der Waals surface area contributed by atoms with E-state index in [1.807, 2.05) is 0 Å². The zero-order valence-corrected chi connectivity index (χ0v) is 50.7. The Hall–Kier alpha value is 2.46. The minimum Gasteiger partial charge on any atom is -0.360 e. The average molecular weight is 837 g/mol. The number of nitrogens with one attached hydrogen (secondary N) is 2. The molecule has 0 aromatic rings. The van der Waals surface area contributed by atoms with E-state index in [1.54, 1.807) is 19.5 Å². The van der Waals surface area contributed by atoms with Crippen molar-refractivity contribution in [2.24, 2.45) is 0 Å². The molecule has 0 heterocycles. The first kappa shape index (κ1) is 46.5. The molecule has 0 aliphatic rings. The smallest absolute Gasteiger partial charge is 0.188 e. The normalized spacial score (nSPS) is 17.1. The lowest BCUT2D eigenvalue weighted by molar-refractivity contribution is 0.508. The highest BCUT2D eigenvalue weighted by atomic mass is 29.8. The molecule has 0 rings (SSSR count). The molecule has 0 atom stereocenters. The van der Waals surface area contributed by atoms with E-state index in [2.05, 4.69) is 186 Å². The number of rotatable bonds is 19. The van der Waals surface area contributed by atoms with Gasteiger partial charge < -0.3 is 38.9 Å². The summed E-state index contributed by atoms with van der Waals surface area (Å²) in [6, 6.07) is 0. The van der Waals surface area contributed by atoms with Gasteiger partial charge in [-0.25, -0.2) is 0 Å². The van der Waals surface area contributed by atoms with Crippen LogP contribution >= 0.6 is 0 Å². The van der Waals surface area contributed by atoms with E-state index in [1.165, 1.54) is 0 Å². The SMILES string of the molecule is CN([SiH2]N[SiH2]N[SiH2][SiH]([SiH3])[SiH3])[Si](C)(C)N(C)[Si](C)(C)N(C)[Si](C)(C)N(C)[Si](C)(C)N(C)[Si](C)(C)N(C)[Si](C)(C)N(C)[Si](C)(C)C. The predicted molar refractivity (Wildman–Crippen MR) is 242 cm³/mol. The van der Waals surface area contributed by atoms with Gasteiger partial charge in [-0.3, -0.25) is 0 Å². The van der Waals surface area contributed by atoms with Crippen LogP contribution in [0.15, 0.2) is 0 Å². The zero-order chi connectivity index (χ0) is 35.7. The van der Waals surface area contributed by atoms with Crippen LogP contribution in [0.2, 0.25) is 98.2 Å². The Morgan fingerprint density at radius 1 is 0.432 bits per heavy atom. The van der Waals surface area contributed by atoms with Gasteiger partial charge in [0.2, 0.25) is 0 Å². The van der Waals surface area contributed by atoms with Crippen molar-refractivity contribution in [3.05, 3.63) is 0 Å². The number of hydrogen-bond acceptors (Lipinski definition) is 9. The van der Waals surface area contributed by atoms with Crippen LogP contribution in [0.4, 0.5) is 0 Å². The van der Waals surface area contributed by atoms with Gasteiger partial charge in [0, 0.05) is 7.35 Å². The van der Waals surface area contributed by atoms with E-state index in [0.29, 0.717) is 0 Å². The lowest BCUT2D eigenvalue weighted by atomic mass is 11.5. The first-order chi connectivity index (χ1) is 19.3. The summed E-state index contributed by atoms with van der Waals surface area (Å²) >= 11 is 0. The predicted octanol–water partition coefficient (Wildman–Crippen LogP) is -1.74. The Balaban J connectivity index is 6.11.